The molecule has 94 valence electrons. The number of benzene rings is 1. The van der Waals surface area contributed by atoms with Crippen LogP contribution in [0.4, 0.5) is 4.39 Å². The smallest absolute Gasteiger partial charge is 0.123 e. The quantitative estimate of drug-likeness (QED) is 0.674. The summed E-state index contributed by atoms with van der Waals surface area (Å²) in [6, 6.07) is 8.34. The normalized spacial score (nSPS) is 12.4. The number of nitrogens with one attached hydrogen (secondary N) is 1. The molecular formula is C13H13BrFN3. The molecule has 3 nitrogen and oxygen atoms in total. The van der Waals surface area contributed by atoms with Gasteiger partial charge < -0.3 is 0 Å². The van der Waals surface area contributed by atoms with Gasteiger partial charge in [-0.3, -0.25) is 16.3 Å². The lowest BCUT2D eigenvalue weighted by molar-refractivity contribution is 0.546. The first kappa shape index (κ1) is 13.1. The van der Waals surface area contributed by atoms with Crippen LogP contribution < -0.4 is 11.3 Å². The molecule has 0 radical (unpaired) electrons. The third-order valence-corrected chi connectivity index (χ3v) is 3.09. The van der Waals surface area contributed by atoms with Crippen molar-refractivity contribution in [2.24, 2.45) is 5.84 Å². The molecule has 1 unspecified atom stereocenters. The Hall–Kier alpha value is -1.30. The molecule has 1 heterocycles. The van der Waals surface area contributed by atoms with Crippen molar-refractivity contribution in [3.05, 3.63) is 64.1 Å². The highest BCUT2D eigenvalue weighted by Crippen LogP contribution is 2.20. The van der Waals surface area contributed by atoms with Gasteiger partial charge in [0.15, 0.2) is 0 Å². The first-order valence-corrected chi connectivity index (χ1v) is 6.29. The minimum atomic E-state index is -0.240. The number of aromatic nitrogens is 1. The van der Waals surface area contributed by atoms with Crippen LogP contribution >= 0.6 is 15.9 Å². The predicted molar refractivity (Wildman–Crippen MR) is 72.1 cm³/mol. The second kappa shape index (κ2) is 6.04. The minimum absolute atomic E-state index is 0.100. The van der Waals surface area contributed by atoms with Crippen LogP contribution in [0.1, 0.15) is 17.2 Å². The Balaban J connectivity index is 2.19. The van der Waals surface area contributed by atoms with Crippen molar-refractivity contribution in [2.45, 2.75) is 12.5 Å². The highest BCUT2D eigenvalue weighted by atomic mass is 79.9. The molecule has 1 atom stereocenters. The van der Waals surface area contributed by atoms with Gasteiger partial charge >= 0.3 is 0 Å². The van der Waals surface area contributed by atoms with E-state index < -0.39 is 0 Å². The van der Waals surface area contributed by atoms with Gasteiger partial charge in [-0.1, -0.05) is 12.1 Å². The zero-order valence-electron chi connectivity index (χ0n) is 9.61. The lowest BCUT2D eigenvalue weighted by Crippen LogP contribution is -2.29. The Morgan fingerprint density at radius 2 is 2.17 bits per heavy atom. The van der Waals surface area contributed by atoms with E-state index in [-0.39, 0.29) is 11.9 Å². The maximum Gasteiger partial charge on any atom is 0.123 e. The Morgan fingerprint density at radius 1 is 1.33 bits per heavy atom. The van der Waals surface area contributed by atoms with E-state index in [9.17, 15) is 4.39 Å². The SMILES string of the molecule is NNC(Cc1cccc(F)c1)c1cncc(Br)c1. The number of nitrogens with zero attached hydrogens (tertiary/aromatic N) is 1. The van der Waals surface area contributed by atoms with Crippen LogP contribution in [0.3, 0.4) is 0 Å². The van der Waals surface area contributed by atoms with Crippen LogP contribution in [0.25, 0.3) is 0 Å². The van der Waals surface area contributed by atoms with E-state index in [4.69, 9.17) is 5.84 Å². The zero-order valence-corrected chi connectivity index (χ0v) is 11.2. The fraction of sp³-hybridized carbons (Fsp3) is 0.154. The zero-order chi connectivity index (χ0) is 13.0. The summed E-state index contributed by atoms with van der Waals surface area (Å²) in [6.07, 6.45) is 4.06. The molecule has 0 bridgehead atoms. The molecule has 18 heavy (non-hydrogen) atoms. The fourth-order valence-electron chi connectivity index (χ4n) is 1.79. The molecule has 5 heteroatoms. The van der Waals surface area contributed by atoms with Crippen LogP contribution in [0.2, 0.25) is 0 Å². The van der Waals surface area contributed by atoms with Gasteiger partial charge in [-0.05, 0) is 51.7 Å². The van der Waals surface area contributed by atoms with Crippen molar-refractivity contribution >= 4 is 15.9 Å². The summed E-state index contributed by atoms with van der Waals surface area (Å²) in [5.41, 5.74) is 4.57. The van der Waals surface area contributed by atoms with Gasteiger partial charge in [0.1, 0.15) is 5.82 Å². The average Bonchev–Trinajstić information content (AvgIpc) is 2.36. The van der Waals surface area contributed by atoms with Gasteiger partial charge in [-0.15, -0.1) is 0 Å². The third-order valence-electron chi connectivity index (χ3n) is 2.66. The van der Waals surface area contributed by atoms with Gasteiger partial charge in [-0.2, -0.15) is 0 Å². The van der Waals surface area contributed by atoms with E-state index in [1.54, 1.807) is 18.5 Å². The van der Waals surface area contributed by atoms with E-state index in [1.165, 1.54) is 12.1 Å². The highest BCUT2D eigenvalue weighted by molar-refractivity contribution is 9.10. The van der Waals surface area contributed by atoms with Crippen molar-refractivity contribution in [1.82, 2.24) is 10.4 Å². The van der Waals surface area contributed by atoms with Crippen molar-refractivity contribution < 1.29 is 4.39 Å². The highest BCUT2D eigenvalue weighted by Gasteiger charge is 2.11. The van der Waals surface area contributed by atoms with Crippen molar-refractivity contribution in [3.8, 4) is 0 Å². The Morgan fingerprint density at radius 3 is 2.83 bits per heavy atom. The van der Waals surface area contributed by atoms with Crippen LogP contribution in [-0.2, 0) is 6.42 Å². The summed E-state index contributed by atoms with van der Waals surface area (Å²) >= 11 is 3.37. The third kappa shape index (κ3) is 3.35. The molecule has 3 N–H and O–H groups in total. The van der Waals surface area contributed by atoms with Gasteiger partial charge in [0, 0.05) is 16.9 Å². The molecule has 0 aliphatic carbocycles. The standard InChI is InChI=1S/C13H13BrFN3/c14-11-6-10(7-17-8-11)13(18-16)5-9-2-1-3-12(15)4-9/h1-4,6-8,13,18H,5,16H2. The number of halogens is 2. The van der Waals surface area contributed by atoms with Crippen molar-refractivity contribution in [2.75, 3.05) is 0 Å². The molecule has 0 fully saturated rings. The number of pyridine rings is 1. The van der Waals surface area contributed by atoms with Crippen molar-refractivity contribution in [3.63, 3.8) is 0 Å². The predicted octanol–water partition coefficient (Wildman–Crippen LogP) is 2.73. The Kier molecular flexibility index (Phi) is 4.41. The molecule has 2 aromatic rings. The average molecular weight is 310 g/mol. The van der Waals surface area contributed by atoms with Crippen LogP contribution in [0.15, 0.2) is 47.2 Å². The summed E-state index contributed by atoms with van der Waals surface area (Å²) in [5, 5.41) is 0. The number of nitrogens with two attached hydrogens (primary N) is 1. The maximum absolute atomic E-state index is 13.1. The Labute approximate surface area is 113 Å². The first-order valence-electron chi connectivity index (χ1n) is 5.50. The number of hydrogen-bond donors (Lipinski definition) is 2. The molecule has 0 saturated heterocycles. The minimum Gasteiger partial charge on any atom is -0.271 e. The van der Waals surface area contributed by atoms with Gasteiger partial charge in [0.05, 0.1) is 6.04 Å². The number of rotatable bonds is 4. The molecule has 1 aromatic carbocycles. The van der Waals surface area contributed by atoms with E-state index in [0.29, 0.717) is 6.42 Å². The molecule has 0 spiro atoms. The molecule has 0 amide bonds. The van der Waals surface area contributed by atoms with Gasteiger partial charge in [0.2, 0.25) is 0 Å². The first-order chi connectivity index (χ1) is 8.69. The van der Waals surface area contributed by atoms with E-state index in [2.05, 4.69) is 26.3 Å². The van der Waals surface area contributed by atoms with Crippen LogP contribution in [0.5, 0.6) is 0 Å². The topological polar surface area (TPSA) is 50.9 Å². The number of hydrazine groups is 1. The lowest BCUT2D eigenvalue weighted by atomic mass is 10.0. The maximum atomic E-state index is 13.1. The van der Waals surface area contributed by atoms with E-state index in [0.717, 1.165) is 15.6 Å². The summed E-state index contributed by atoms with van der Waals surface area (Å²) < 4.78 is 14.0. The largest absolute Gasteiger partial charge is 0.271 e. The molecule has 1 aromatic heterocycles. The van der Waals surface area contributed by atoms with E-state index in [1.807, 2.05) is 12.1 Å². The van der Waals surface area contributed by atoms with Crippen LogP contribution in [0, 0.1) is 5.82 Å². The molecular weight excluding hydrogens is 297 g/mol. The lowest BCUT2D eigenvalue weighted by Gasteiger charge is -2.16. The molecule has 0 aliphatic heterocycles. The summed E-state index contributed by atoms with van der Waals surface area (Å²) in [6.45, 7) is 0. The van der Waals surface area contributed by atoms with E-state index >= 15 is 0 Å². The molecule has 0 saturated carbocycles. The summed E-state index contributed by atoms with van der Waals surface area (Å²) in [4.78, 5) is 4.10. The summed E-state index contributed by atoms with van der Waals surface area (Å²) in [5.74, 6) is 5.31. The van der Waals surface area contributed by atoms with Crippen LogP contribution in [-0.4, -0.2) is 4.98 Å². The number of hydrogen-bond acceptors (Lipinski definition) is 3. The second-order valence-corrected chi connectivity index (χ2v) is 4.91. The van der Waals surface area contributed by atoms with Gasteiger partial charge in [0.25, 0.3) is 0 Å². The molecule has 2 rings (SSSR count). The Bertz CT molecular complexity index is 533. The molecule has 0 aliphatic rings. The van der Waals surface area contributed by atoms with Crippen molar-refractivity contribution in [1.29, 1.82) is 0 Å². The summed E-state index contributed by atoms with van der Waals surface area (Å²) in [7, 11) is 0. The van der Waals surface area contributed by atoms with Gasteiger partial charge in [-0.25, -0.2) is 4.39 Å². The monoisotopic (exact) mass is 309 g/mol. The second-order valence-electron chi connectivity index (χ2n) is 3.99. The fourth-order valence-corrected chi connectivity index (χ4v) is 2.17.